The first-order chi connectivity index (χ1) is 8.38. The number of carboxylic acid groups (broad SMARTS) is 1. The zero-order valence-corrected chi connectivity index (χ0v) is 10.2. The van der Waals surface area contributed by atoms with E-state index in [1.807, 2.05) is 18.7 Å². The fraction of sp³-hybridized carbons (Fsp3) is 0.636. The van der Waals surface area contributed by atoms with E-state index in [0.29, 0.717) is 0 Å². The van der Waals surface area contributed by atoms with E-state index in [1.165, 1.54) is 25.7 Å². The van der Waals surface area contributed by atoms with E-state index in [-0.39, 0.29) is 0 Å². The van der Waals surface area contributed by atoms with Gasteiger partial charge in [-0.05, 0) is 6.42 Å². The maximum Gasteiger partial charge on any atom is 0.490 e. The number of nitrogens with zero attached hydrogens (tertiary/aromatic N) is 2. The Bertz CT molecular complexity index is 324. The average molecular weight is 266 g/mol. The summed E-state index contributed by atoms with van der Waals surface area (Å²) < 4.78 is 33.9. The molecule has 0 saturated heterocycles. The van der Waals surface area contributed by atoms with Crippen molar-refractivity contribution in [1.82, 2.24) is 9.55 Å². The molecular weight excluding hydrogens is 249 g/mol. The number of unbranched alkanes of at least 4 members (excludes halogenated alkanes) is 3. The van der Waals surface area contributed by atoms with Crippen molar-refractivity contribution in [3.05, 3.63) is 18.7 Å². The first-order valence-electron chi connectivity index (χ1n) is 5.63. The van der Waals surface area contributed by atoms with E-state index in [1.54, 1.807) is 0 Å². The van der Waals surface area contributed by atoms with E-state index in [2.05, 4.69) is 16.5 Å². The average Bonchev–Trinajstić information content (AvgIpc) is 2.77. The lowest BCUT2D eigenvalue weighted by atomic mass is 10.2. The van der Waals surface area contributed by atoms with Crippen LogP contribution in [0.2, 0.25) is 0 Å². The molecule has 0 spiro atoms. The molecule has 0 atom stereocenters. The summed E-state index contributed by atoms with van der Waals surface area (Å²) in [6.45, 7) is 3.36. The third-order valence-corrected chi connectivity index (χ3v) is 2.07. The number of rotatable bonds is 5. The topological polar surface area (TPSA) is 55.1 Å². The summed E-state index contributed by atoms with van der Waals surface area (Å²) in [7, 11) is 0. The van der Waals surface area contributed by atoms with Crippen LogP contribution in [-0.4, -0.2) is 26.8 Å². The summed E-state index contributed by atoms with van der Waals surface area (Å²) in [6, 6.07) is 0. The molecule has 0 fully saturated rings. The number of hydrogen-bond acceptors (Lipinski definition) is 2. The maximum atomic E-state index is 10.6. The van der Waals surface area contributed by atoms with E-state index in [9.17, 15) is 13.2 Å². The number of aromatic nitrogens is 2. The lowest BCUT2D eigenvalue weighted by Crippen LogP contribution is -2.21. The van der Waals surface area contributed by atoms with Gasteiger partial charge < -0.3 is 9.67 Å². The van der Waals surface area contributed by atoms with Crippen molar-refractivity contribution in [2.75, 3.05) is 0 Å². The Kier molecular flexibility index (Phi) is 7.82. The fourth-order valence-corrected chi connectivity index (χ4v) is 1.14. The van der Waals surface area contributed by atoms with Crippen molar-refractivity contribution >= 4 is 5.97 Å². The van der Waals surface area contributed by atoms with Crippen LogP contribution in [0.25, 0.3) is 0 Å². The number of carbonyl (C=O) groups is 1. The Morgan fingerprint density at radius 1 is 1.33 bits per heavy atom. The molecule has 0 bridgehead atoms. The van der Waals surface area contributed by atoms with Crippen LogP contribution in [0, 0.1) is 0 Å². The van der Waals surface area contributed by atoms with E-state index in [4.69, 9.17) is 9.90 Å². The maximum absolute atomic E-state index is 10.6. The van der Waals surface area contributed by atoms with Crippen LogP contribution in [0.1, 0.15) is 32.6 Å². The second-order valence-electron chi connectivity index (χ2n) is 3.66. The van der Waals surface area contributed by atoms with Crippen molar-refractivity contribution in [3.63, 3.8) is 0 Å². The Morgan fingerprint density at radius 3 is 2.33 bits per heavy atom. The molecule has 0 saturated carbocycles. The third kappa shape index (κ3) is 8.60. The van der Waals surface area contributed by atoms with Crippen molar-refractivity contribution < 1.29 is 23.1 Å². The lowest BCUT2D eigenvalue weighted by molar-refractivity contribution is -0.192. The van der Waals surface area contributed by atoms with Crippen molar-refractivity contribution in [2.45, 2.75) is 45.3 Å². The van der Waals surface area contributed by atoms with Gasteiger partial charge in [0.25, 0.3) is 0 Å². The Hall–Kier alpha value is -1.53. The van der Waals surface area contributed by atoms with Gasteiger partial charge in [0.05, 0.1) is 6.33 Å². The molecule has 0 aliphatic carbocycles. The molecule has 0 aliphatic heterocycles. The summed E-state index contributed by atoms with van der Waals surface area (Å²) in [5, 5.41) is 7.12. The van der Waals surface area contributed by atoms with Crippen LogP contribution in [0.3, 0.4) is 0 Å². The smallest absolute Gasteiger partial charge is 0.475 e. The molecule has 7 heteroatoms. The van der Waals surface area contributed by atoms with Gasteiger partial charge in [0.15, 0.2) is 0 Å². The molecule has 1 aromatic rings. The highest BCUT2D eigenvalue weighted by Crippen LogP contribution is 2.13. The Balaban J connectivity index is 0.000000360. The third-order valence-electron chi connectivity index (χ3n) is 2.07. The summed E-state index contributed by atoms with van der Waals surface area (Å²) in [6.07, 6.45) is 5.94. The highest BCUT2D eigenvalue weighted by molar-refractivity contribution is 5.73. The van der Waals surface area contributed by atoms with Gasteiger partial charge in [0.2, 0.25) is 0 Å². The van der Waals surface area contributed by atoms with Crippen molar-refractivity contribution in [3.8, 4) is 0 Å². The zero-order chi connectivity index (χ0) is 14.0. The largest absolute Gasteiger partial charge is 0.490 e. The first kappa shape index (κ1) is 16.5. The molecular formula is C11H17F3N2O2. The minimum Gasteiger partial charge on any atom is -0.475 e. The number of carboxylic acids is 1. The summed E-state index contributed by atoms with van der Waals surface area (Å²) in [5.74, 6) is -2.76. The van der Waals surface area contributed by atoms with Crippen molar-refractivity contribution in [1.29, 1.82) is 0 Å². The van der Waals surface area contributed by atoms with Gasteiger partial charge in [0, 0.05) is 18.9 Å². The summed E-state index contributed by atoms with van der Waals surface area (Å²) in [5.41, 5.74) is 0. The Morgan fingerprint density at radius 2 is 1.94 bits per heavy atom. The molecule has 18 heavy (non-hydrogen) atoms. The minimum atomic E-state index is -5.08. The molecule has 0 aliphatic rings. The van der Waals surface area contributed by atoms with E-state index in [0.717, 1.165) is 6.54 Å². The molecule has 4 nitrogen and oxygen atoms in total. The predicted octanol–water partition coefficient (Wildman–Crippen LogP) is 3.10. The van der Waals surface area contributed by atoms with E-state index < -0.39 is 12.1 Å². The Labute approximate surface area is 103 Å². The molecule has 0 radical (unpaired) electrons. The molecule has 0 aromatic carbocycles. The first-order valence-corrected chi connectivity index (χ1v) is 5.63. The standard InChI is InChI=1S/C9H16N2.C2HF3O2/c1-2-3-4-5-7-11-8-6-10-9-11;3-2(4,5)1(6)7/h6,8-9H,2-5,7H2,1H3;(H,6,7). The van der Waals surface area contributed by atoms with Crippen LogP contribution < -0.4 is 0 Å². The molecule has 104 valence electrons. The van der Waals surface area contributed by atoms with Crippen LogP contribution in [0.5, 0.6) is 0 Å². The number of hydrogen-bond donors (Lipinski definition) is 1. The fourth-order valence-electron chi connectivity index (χ4n) is 1.14. The second kappa shape index (κ2) is 8.54. The number of alkyl halides is 3. The molecule has 1 aromatic heterocycles. The van der Waals surface area contributed by atoms with Gasteiger partial charge in [0.1, 0.15) is 0 Å². The molecule has 0 amide bonds. The van der Waals surface area contributed by atoms with Crippen LogP contribution >= 0.6 is 0 Å². The van der Waals surface area contributed by atoms with Gasteiger partial charge in [-0.15, -0.1) is 0 Å². The minimum absolute atomic E-state index is 1.12. The molecule has 1 rings (SSSR count). The van der Waals surface area contributed by atoms with Crippen molar-refractivity contribution in [2.24, 2.45) is 0 Å². The van der Waals surface area contributed by atoms with Gasteiger partial charge in [-0.25, -0.2) is 9.78 Å². The SMILES string of the molecule is CCCCCCn1ccnc1.O=C(O)C(F)(F)F. The number of halogens is 3. The summed E-state index contributed by atoms with van der Waals surface area (Å²) >= 11 is 0. The predicted molar refractivity (Wildman–Crippen MR) is 60.1 cm³/mol. The van der Waals surface area contributed by atoms with Crippen LogP contribution in [-0.2, 0) is 11.3 Å². The van der Waals surface area contributed by atoms with Gasteiger partial charge in [-0.2, -0.15) is 13.2 Å². The van der Waals surface area contributed by atoms with Gasteiger partial charge >= 0.3 is 12.1 Å². The van der Waals surface area contributed by atoms with Gasteiger partial charge in [-0.1, -0.05) is 26.2 Å². The molecule has 0 unspecified atom stereocenters. The second-order valence-corrected chi connectivity index (χ2v) is 3.66. The van der Waals surface area contributed by atoms with E-state index >= 15 is 0 Å². The number of imidazole rings is 1. The highest BCUT2D eigenvalue weighted by Gasteiger charge is 2.38. The molecule has 1 heterocycles. The monoisotopic (exact) mass is 266 g/mol. The summed E-state index contributed by atoms with van der Waals surface area (Å²) in [4.78, 5) is 12.9. The highest BCUT2D eigenvalue weighted by atomic mass is 19.4. The zero-order valence-electron chi connectivity index (χ0n) is 10.2. The molecule has 1 N–H and O–H groups in total. The van der Waals surface area contributed by atoms with Gasteiger partial charge in [-0.3, -0.25) is 0 Å². The lowest BCUT2D eigenvalue weighted by Gasteiger charge is -1.99. The number of aryl methyl sites for hydroxylation is 1. The van der Waals surface area contributed by atoms with Crippen LogP contribution in [0.4, 0.5) is 13.2 Å². The van der Waals surface area contributed by atoms with Crippen LogP contribution in [0.15, 0.2) is 18.7 Å². The quantitative estimate of drug-likeness (QED) is 0.833. The normalized spacial score (nSPS) is 10.7. The number of aliphatic carboxylic acids is 1.